The Labute approximate surface area is 79.8 Å². The number of aromatic nitrogens is 2. The first-order valence-electron chi connectivity index (χ1n) is 4.15. The lowest BCUT2D eigenvalue weighted by molar-refractivity contribution is 0.518. The highest BCUT2D eigenvalue weighted by Crippen LogP contribution is 2.03. The van der Waals surface area contributed by atoms with E-state index in [1.807, 2.05) is 12.1 Å². The number of aromatic amines is 1. The second-order valence-corrected chi connectivity index (χ2v) is 2.73. The molecule has 0 aliphatic heterocycles. The van der Waals surface area contributed by atoms with Crippen molar-refractivity contribution in [2.45, 2.75) is 6.54 Å². The van der Waals surface area contributed by atoms with E-state index in [0.717, 1.165) is 5.76 Å². The first kappa shape index (κ1) is 8.55. The van der Waals surface area contributed by atoms with Crippen LogP contribution in [0.25, 0.3) is 0 Å². The van der Waals surface area contributed by atoms with Crippen LogP contribution in [0.3, 0.4) is 0 Å². The average Bonchev–Trinajstić information content (AvgIpc) is 2.67. The zero-order valence-corrected chi connectivity index (χ0v) is 7.36. The molecule has 2 rings (SSSR count). The molecule has 0 saturated carbocycles. The van der Waals surface area contributed by atoms with Crippen molar-refractivity contribution < 1.29 is 4.42 Å². The number of hydrogen-bond acceptors (Lipinski definition) is 4. The van der Waals surface area contributed by atoms with E-state index in [4.69, 9.17) is 4.42 Å². The molecule has 14 heavy (non-hydrogen) atoms. The van der Waals surface area contributed by atoms with Gasteiger partial charge in [-0.1, -0.05) is 0 Å². The Kier molecular flexibility index (Phi) is 2.31. The lowest BCUT2D eigenvalue weighted by Gasteiger charge is -2.00. The van der Waals surface area contributed by atoms with Crippen molar-refractivity contribution in [3.05, 3.63) is 46.9 Å². The summed E-state index contributed by atoms with van der Waals surface area (Å²) in [5, 5.41) is 2.96. The van der Waals surface area contributed by atoms with Crippen molar-refractivity contribution in [1.29, 1.82) is 0 Å². The summed E-state index contributed by atoms with van der Waals surface area (Å²) in [4.78, 5) is 17.3. The minimum Gasteiger partial charge on any atom is -0.467 e. The van der Waals surface area contributed by atoms with E-state index in [2.05, 4.69) is 15.3 Å². The van der Waals surface area contributed by atoms with E-state index < -0.39 is 0 Å². The van der Waals surface area contributed by atoms with Crippen molar-refractivity contribution >= 4 is 5.82 Å². The standard InChI is InChI=1S/C9H9N3O2/c13-9-4-8(11-6-12-9)10-5-7-2-1-3-14-7/h1-4,6H,5H2,(H2,10,11,12,13). The molecule has 2 aromatic heterocycles. The lowest BCUT2D eigenvalue weighted by atomic mass is 10.4. The zero-order chi connectivity index (χ0) is 9.80. The molecule has 0 saturated heterocycles. The molecule has 0 spiro atoms. The highest BCUT2D eigenvalue weighted by atomic mass is 16.3. The fraction of sp³-hybridized carbons (Fsp3) is 0.111. The largest absolute Gasteiger partial charge is 0.467 e. The summed E-state index contributed by atoms with van der Waals surface area (Å²) in [6, 6.07) is 5.05. The third-order valence-electron chi connectivity index (χ3n) is 1.70. The van der Waals surface area contributed by atoms with Gasteiger partial charge in [0.25, 0.3) is 5.56 Å². The number of anilines is 1. The molecular formula is C9H9N3O2. The molecule has 0 fully saturated rings. The fourth-order valence-corrected chi connectivity index (χ4v) is 1.06. The highest BCUT2D eigenvalue weighted by molar-refractivity contribution is 5.31. The summed E-state index contributed by atoms with van der Waals surface area (Å²) < 4.78 is 5.11. The lowest BCUT2D eigenvalue weighted by Crippen LogP contribution is -2.08. The topological polar surface area (TPSA) is 70.9 Å². The molecule has 0 bridgehead atoms. The third kappa shape index (κ3) is 2.01. The van der Waals surface area contributed by atoms with E-state index in [-0.39, 0.29) is 5.56 Å². The number of nitrogens with zero attached hydrogens (tertiary/aromatic N) is 1. The minimum atomic E-state index is -0.179. The van der Waals surface area contributed by atoms with Crippen molar-refractivity contribution in [2.24, 2.45) is 0 Å². The second-order valence-electron chi connectivity index (χ2n) is 2.73. The normalized spacial score (nSPS) is 10.0. The predicted octanol–water partition coefficient (Wildman–Crippen LogP) is 0.975. The first-order valence-corrected chi connectivity index (χ1v) is 4.15. The van der Waals surface area contributed by atoms with Crippen LogP contribution >= 0.6 is 0 Å². The van der Waals surface area contributed by atoms with E-state index in [9.17, 15) is 4.79 Å². The van der Waals surface area contributed by atoms with Gasteiger partial charge in [0.05, 0.1) is 19.1 Å². The number of H-pyrrole nitrogens is 1. The molecule has 0 unspecified atom stereocenters. The van der Waals surface area contributed by atoms with Crippen LogP contribution in [0.4, 0.5) is 5.82 Å². The van der Waals surface area contributed by atoms with Crippen LogP contribution in [0.2, 0.25) is 0 Å². The monoisotopic (exact) mass is 191 g/mol. The van der Waals surface area contributed by atoms with Crippen LogP contribution in [0, 0.1) is 0 Å². The van der Waals surface area contributed by atoms with E-state index >= 15 is 0 Å². The van der Waals surface area contributed by atoms with Gasteiger partial charge >= 0.3 is 0 Å². The van der Waals surface area contributed by atoms with E-state index in [1.165, 1.54) is 12.4 Å². The Morgan fingerprint density at radius 1 is 1.57 bits per heavy atom. The molecule has 72 valence electrons. The van der Waals surface area contributed by atoms with Gasteiger partial charge in [-0.15, -0.1) is 0 Å². The van der Waals surface area contributed by atoms with Gasteiger partial charge in [-0.3, -0.25) is 4.79 Å². The minimum absolute atomic E-state index is 0.179. The zero-order valence-electron chi connectivity index (χ0n) is 7.36. The van der Waals surface area contributed by atoms with Crippen LogP contribution < -0.4 is 10.9 Å². The van der Waals surface area contributed by atoms with Gasteiger partial charge in [0, 0.05) is 6.07 Å². The van der Waals surface area contributed by atoms with Gasteiger partial charge in [0.2, 0.25) is 0 Å². The molecule has 0 radical (unpaired) electrons. The Balaban J connectivity index is 2.02. The Hall–Kier alpha value is -2.04. The number of hydrogen-bond donors (Lipinski definition) is 2. The summed E-state index contributed by atoms with van der Waals surface area (Å²) >= 11 is 0. The van der Waals surface area contributed by atoms with Crippen molar-refractivity contribution in [2.75, 3.05) is 5.32 Å². The maximum Gasteiger partial charge on any atom is 0.252 e. The second kappa shape index (κ2) is 3.78. The maximum atomic E-state index is 10.9. The third-order valence-corrected chi connectivity index (χ3v) is 1.70. The van der Waals surface area contributed by atoms with Gasteiger partial charge in [0.1, 0.15) is 11.6 Å². The first-order chi connectivity index (χ1) is 6.84. The molecule has 0 aliphatic carbocycles. The van der Waals surface area contributed by atoms with Gasteiger partial charge in [-0.2, -0.15) is 0 Å². The average molecular weight is 191 g/mol. The molecular weight excluding hydrogens is 182 g/mol. The molecule has 0 amide bonds. The fourth-order valence-electron chi connectivity index (χ4n) is 1.06. The maximum absolute atomic E-state index is 10.9. The Bertz CT molecular complexity index is 447. The van der Waals surface area contributed by atoms with Crippen LogP contribution in [-0.4, -0.2) is 9.97 Å². The Morgan fingerprint density at radius 3 is 3.21 bits per heavy atom. The Morgan fingerprint density at radius 2 is 2.50 bits per heavy atom. The highest BCUT2D eigenvalue weighted by Gasteiger charge is 1.96. The molecule has 0 aromatic carbocycles. The molecule has 2 heterocycles. The number of nitrogens with one attached hydrogen (secondary N) is 2. The predicted molar refractivity (Wildman–Crippen MR) is 50.9 cm³/mol. The smallest absolute Gasteiger partial charge is 0.252 e. The molecule has 0 aliphatic rings. The van der Waals surface area contributed by atoms with Crippen LogP contribution in [0.1, 0.15) is 5.76 Å². The summed E-state index contributed by atoms with van der Waals surface area (Å²) in [5.41, 5.74) is -0.179. The van der Waals surface area contributed by atoms with Crippen LogP contribution in [0.15, 0.2) is 40.0 Å². The quantitative estimate of drug-likeness (QED) is 0.758. The van der Waals surface area contributed by atoms with Crippen LogP contribution in [-0.2, 0) is 6.54 Å². The van der Waals surface area contributed by atoms with Gasteiger partial charge in [0.15, 0.2) is 0 Å². The van der Waals surface area contributed by atoms with E-state index in [1.54, 1.807) is 6.26 Å². The number of furan rings is 1. The molecule has 5 nitrogen and oxygen atoms in total. The van der Waals surface area contributed by atoms with Gasteiger partial charge in [-0.25, -0.2) is 4.98 Å². The SMILES string of the molecule is O=c1cc(NCc2ccco2)nc[nH]1. The van der Waals surface area contributed by atoms with E-state index in [0.29, 0.717) is 12.4 Å². The summed E-state index contributed by atoms with van der Waals surface area (Å²) in [7, 11) is 0. The molecule has 2 N–H and O–H groups in total. The molecule has 0 atom stereocenters. The molecule has 2 aromatic rings. The van der Waals surface area contributed by atoms with Crippen molar-refractivity contribution in [3.8, 4) is 0 Å². The summed E-state index contributed by atoms with van der Waals surface area (Å²) in [6.07, 6.45) is 2.95. The van der Waals surface area contributed by atoms with Crippen molar-refractivity contribution in [3.63, 3.8) is 0 Å². The van der Waals surface area contributed by atoms with Gasteiger partial charge < -0.3 is 14.7 Å². The summed E-state index contributed by atoms with van der Waals surface area (Å²) in [6.45, 7) is 0.517. The van der Waals surface area contributed by atoms with Crippen LogP contribution in [0.5, 0.6) is 0 Å². The number of rotatable bonds is 3. The van der Waals surface area contributed by atoms with Gasteiger partial charge in [-0.05, 0) is 12.1 Å². The summed E-state index contributed by atoms with van der Waals surface area (Å²) in [5.74, 6) is 1.33. The molecule has 5 heteroatoms. The van der Waals surface area contributed by atoms with Crippen molar-refractivity contribution in [1.82, 2.24) is 9.97 Å².